The molecule has 10 radical (unpaired) electrons. The summed E-state index contributed by atoms with van der Waals surface area (Å²) in [5.41, 5.74) is 0. The van der Waals surface area contributed by atoms with Crippen molar-refractivity contribution in [2.24, 2.45) is 11.8 Å². The number of rotatable bonds is 7. The third-order valence-electron chi connectivity index (χ3n) is 9.29. The molecule has 0 amide bonds. The van der Waals surface area contributed by atoms with E-state index in [1.54, 1.807) is 6.92 Å². The summed E-state index contributed by atoms with van der Waals surface area (Å²) in [6.07, 6.45) is -19.6. The van der Waals surface area contributed by atoms with Gasteiger partial charge in [0.25, 0.3) is 0 Å². The van der Waals surface area contributed by atoms with Crippen LogP contribution in [0.1, 0.15) is 20.3 Å². The van der Waals surface area contributed by atoms with E-state index < -0.39 is 129 Å². The van der Waals surface area contributed by atoms with Crippen molar-refractivity contribution in [3.05, 3.63) is 12.3 Å². The Bertz CT molecular complexity index is 992. The summed E-state index contributed by atoms with van der Waals surface area (Å²) in [7, 11) is 0. The molecule has 0 aromatic carbocycles. The number of hydrogen-bond donors (Lipinski definition) is 10. The van der Waals surface area contributed by atoms with Crippen LogP contribution in [0.2, 0.25) is 0 Å². The Balaban J connectivity index is -0.000000529. The molecule has 4 aliphatic heterocycles. The topological polar surface area (TPSA) is 258 Å². The van der Waals surface area contributed by atoms with E-state index in [2.05, 4.69) is 0 Å². The van der Waals surface area contributed by atoms with Crippen LogP contribution >= 0.6 is 0 Å². The molecule has 0 aromatic rings. The molecule has 0 aromatic heterocycles. The second kappa shape index (κ2) is 36.3. The molecular formula is C26H42Ac10O16. The first kappa shape index (κ1) is 76.8. The summed E-state index contributed by atoms with van der Waals surface area (Å²) < 4.78 is 35.8. The van der Waals surface area contributed by atoms with Crippen LogP contribution in [-0.2, 0) is 28.4 Å². The van der Waals surface area contributed by atoms with Gasteiger partial charge in [-0.15, -0.1) is 0 Å². The van der Waals surface area contributed by atoms with Crippen LogP contribution < -0.4 is 0 Å². The van der Waals surface area contributed by atoms with E-state index in [1.807, 2.05) is 0 Å². The van der Waals surface area contributed by atoms with Gasteiger partial charge in [0.2, 0.25) is 5.79 Å². The smallest absolute Gasteiger partial charge is 0.210 e. The Morgan fingerprint density at radius 3 is 1.75 bits per heavy atom. The summed E-state index contributed by atoms with van der Waals surface area (Å²) in [5, 5.41) is 104. The first-order valence-electron chi connectivity index (χ1n) is 14.2. The quantitative estimate of drug-likeness (QED) is 0.114. The third kappa shape index (κ3) is 17.9. The molecule has 1 saturated carbocycles. The Morgan fingerprint density at radius 1 is 0.654 bits per heavy atom. The molecule has 4 fully saturated rings. The van der Waals surface area contributed by atoms with Crippen LogP contribution in [0.15, 0.2) is 12.3 Å². The van der Waals surface area contributed by atoms with Crippen LogP contribution in [-0.4, -0.2) is 168 Å². The molecule has 5 aliphatic rings. The summed E-state index contributed by atoms with van der Waals surface area (Å²) in [6, 6.07) is 0. The number of hydrogen-bond acceptors (Lipinski definition) is 16. The van der Waals surface area contributed by atoms with E-state index in [0.717, 1.165) is 0 Å². The van der Waals surface area contributed by atoms with Crippen molar-refractivity contribution in [2.45, 2.75) is 124 Å². The van der Waals surface area contributed by atoms with Crippen molar-refractivity contribution in [3.8, 4) is 0 Å². The van der Waals surface area contributed by atoms with Crippen molar-refractivity contribution in [2.75, 3.05) is 13.2 Å². The predicted molar refractivity (Wildman–Crippen MR) is 134 cm³/mol. The first-order chi connectivity index (χ1) is 19.9. The van der Waals surface area contributed by atoms with Gasteiger partial charge in [0.15, 0.2) is 6.29 Å². The minimum Gasteiger partial charge on any atom is -0.495 e. The zero-order chi connectivity index (χ0) is 30.7. The second-order valence-electron chi connectivity index (χ2n) is 11.9. The van der Waals surface area contributed by atoms with Crippen LogP contribution in [0.25, 0.3) is 0 Å². The average Bonchev–Trinajstić information content (AvgIpc) is 2.97. The maximum atomic E-state index is 11.1. The van der Waals surface area contributed by atoms with Gasteiger partial charge in [-0.2, -0.15) is 0 Å². The summed E-state index contributed by atoms with van der Waals surface area (Å²) in [5.74, 6) is -3.70. The Labute approximate surface area is 661 Å². The molecular weight excluding hydrogens is 2840 g/mol. The standard InChI is InChI=1S/C26H42O16.10Ac/c1-8-12(5-10(29)18(32)16(8)30)39-23-21(35)19(33)14(7-28)40-25(23)42-26(15-11(41-26)3-4-37-13(15)6-27)24-22(36)20(34)17(31)9(2)38-24;;;;;;;;;;/h3-4,8-25,27-36H,5-7H2,1-2H3;;;;;;;;;;/t8?,9?,10?,11-,12-,13?,14?,15-,16+,17-,18+,19?,20?,21+,22+,23-,24+,25+,26?;;;;;;;;;;/m1........../s1. The molecule has 3 saturated heterocycles. The molecule has 5 rings (SSSR count). The number of aliphatic hydroxyl groups excluding tert-OH is 10. The van der Waals surface area contributed by atoms with Gasteiger partial charge in [0.05, 0.1) is 55.9 Å². The number of ether oxygens (including phenoxy) is 6. The molecule has 0 spiro atoms. The molecule has 4 heterocycles. The van der Waals surface area contributed by atoms with E-state index in [0.29, 0.717) is 0 Å². The van der Waals surface area contributed by atoms with Crippen molar-refractivity contribution in [1.82, 2.24) is 0 Å². The first-order valence-corrected chi connectivity index (χ1v) is 14.2. The summed E-state index contributed by atoms with van der Waals surface area (Å²) >= 11 is 0. The van der Waals surface area contributed by atoms with E-state index in [4.69, 9.17) is 28.4 Å². The minimum absolute atomic E-state index is 0. The fourth-order valence-electron chi connectivity index (χ4n) is 6.64. The third-order valence-corrected chi connectivity index (χ3v) is 9.29. The second-order valence-corrected chi connectivity index (χ2v) is 11.9. The van der Waals surface area contributed by atoms with Crippen molar-refractivity contribution < 1.29 is 520 Å². The van der Waals surface area contributed by atoms with Gasteiger partial charge >= 0.3 is 0 Å². The molecule has 8 unspecified atom stereocenters. The van der Waals surface area contributed by atoms with Crippen molar-refractivity contribution in [3.63, 3.8) is 0 Å². The van der Waals surface area contributed by atoms with Gasteiger partial charge in [0, 0.05) is 453 Å². The van der Waals surface area contributed by atoms with Crippen LogP contribution in [0.5, 0.6) is 0 Å². The Kier molecular flexibility index (Phi) is 53.6. The van der Waals surface area contributed by atoms with Crippen LogP contribution in [0, 0.1) is 452 Å². The molecule has 10 N–H and O–H groups in total. The molecule has 19 atom stereocenters. The zero-order valence-electron chi connectivity index (χ0n) is 28.9. The fourth-order valence-corrected chi connectivity index (χ4v) is 6.64. The maximum Gasteiger partial charge on any atom is 0.210 e. The zero-order valence-corrected chi connectivity index (χ0v) is 76.3. The molecule has 0 bridgehead atoms. The van der Waals surface area contributed by atoms with Gasteiger partial charge in [-0.05, 0) is 13.0 Å². The van der Waals surface area contributed by atoms with Crippen LogP contribution in [0.4, 0.5) is 0 Å². The van der Waals surface area contributed by atoms with Gasteiger partial charge in [-0.1, -0.05) is 6.92 Å². The number of fused-ring (bicyclic) bond motifs is 1. The largest absolute Gasteiger partial charge is 0.495 e. The normalized spacial score (nSPS) is 45.5. The Morgan fingerprint density at radius 2 is 1.21 bits per heavy atom. The maximum absolute atomic E-state index is 11.1. The van der Waals surface area contributed by atoms with E-state index in [1.165, 1.54) is 19.3 Å². The number of aliphatic hydroxyl groups is 10. The average molecular weight is 2880 g/mol. The molecule has 1 aliphatic carbocycles. The monoisotopic (exact) mass is 2880 g/mol. The summed E-state index contributed by atoms with van der Waals surface area (Å²) in [4.78, 5) is 0. The van der Waals surface area contributed by atoms with Crippen molar-refractivity contribution >= 4 is 0 Å². The minimum atomic E-state index is -2.06. The molecule has 272 valence electrons. The fraction of sp³-hybridized carbons (Fsp3) is 0.923. The predicted octanol–water partition coefficient (Wildman–Crippen LogP) is -5.20. The van der Waals surface area contributed by atoms with Gasteiger partial charge in [0.1, 0.15) is 61.0 Å². The Hall–Kier alpha value is 13.4. The van der Waals surface area contributed by atoms with Gasteiger partial charge < -0.3 is 79.5 Å². The SMILES string of the molecule is CC1O[C@H](C2(O[C@@H]3OC(CO)C(O)[C@H](O)[C@H]3O[C@@H]3CC(O)[C@H](O)[C@@H](O)C3C)O[C@@H]3C=COC(CO)[C@@H]32)[C@@H](O)C(O)[C@@H]1O.[Ac].[Ac].[Ac].[Ac].[Ac].[Ac].[Ac].[Ac].[Ac].[Ac]. The molecule has 26 heteroatoms. The van der Waals surface area contributed by atoms with Gasteiger partial charge in [-0.3, -0.25) is 0 Å². The summed E-state index contributed by atoms with van der Waals surface area (Å²) in [6.45, 7) is 1.75. The van der Waals surface area contributed by atoms with Crippen LogP contribution in [0.3, 0.4) is 0 Å². The molecule has 52 heavy (non-hydrogen) atoms. The van der Waals surface area contributed by atoms with E-state index in [-0.39, 0.29) is 447 Å². The van der Waals surface area contributed by atoms with E-state index >= 15 is 0 Å². The molecule has 16 nitrogen and oxygen atoms in total. The van der Waals surface area contributed by atoms with E-state index in [9.17, 15) is 51.1 Å². The van der Waals surface area contributed by atoms with Crippen molar-refractivity contribution in [1.29, 1.82) is 0 Å². The van der Waals surface area contributed by atoms with Gasteiger partial charge in [-0.25, -0.2) is 0 Å².